The van der Waals surface area contributed by atoms with E-state index in [0.717, 1.165) is 0 Å². The first kappa shape index (κ1) is 20.7. The third kappa shape index (κ3) is 5.08. The molecule has 1 aromatic heterocycles. The van der Waals surface area contributed by atoms with Gasteiger partial charge in [0, 0.05) is 17.7 Å². The van der Waals surface area contributed by atoms with Crippen LogP contribution in [0.3, 0.4) is 0 Å². The molecule has 1 unspecified atom stereocenters. The fraction of sp³-hybridized carbons (Fsp3) is 0.238. The summed E-state index contributed by atoms with van der Waals surface area (Å²) in [6.45, 7) is 4.39. The standard InChI is InChI=1S/C21H21FN4O2S/c1-3-26-19(14(2)23-20(28)16-7-5-4-6-8-16)24-25-21(26)29-13-18(27)15-9-11-17(22)12-10-15/h4-12,14H,3,13H2,1-2H3,(H,23,28). The van der Waals surface area contributed by atoms with Gasteiger partial charge in [0.1, 0.15) is 5.82 Å². The number of nitrogens with one attached hydrogen (secondary N) is 1. The lowest BCUT2D eigenvalue weighted by molar-refractivity contribution is 0.0936. The Labute approximate surface area is 172 Å². The Kier molecular flexibility index (Phi) is 6.77. The molecule has 6 nitrogen and oxygen atoms in total. The number of ketones is 1. The van der Waals surface area contributed by atoms with Gasteiger partial charge >= 0.3 is 0 Å². The van der Waals surface area contributed by atoms with E-state index < -0.39 is 0 Å². The number of aromatic nitrogens is 3. The average molecular weight is 412 g/mol. The monoisotopic (exact) mass is 412 g/mol. The van der Waals surface area contributed by atoms with Crippen molar-refractivity contribution in [2.24, 2.45) is 0 Å². The quantitative estimate of drug-likeness (QED) is 0.448. The van der Waals surface area contributed by atoms with E-state index in [9.17, 15) is 14.0 Å². The van der Waals surface area contributed by atoms with Crippen LogP contribution in [0.2, 0.25) is 0 Å². The highest BCUT2D eigenvalue weighted by Crippen LogP contribution is 2.22. The number of hydrogen-bond donors (Lipinski definition) is 1. The van der Waals surface area contributed by atoms with E-state index in [1.165, 1.54) is 36.0 Å². The van der Waals surface area contributed by atoms with Gasteiger partial charge in [0.25, 0.3) is 5.91 Å². The predicted molar refractivity (Wildman–Crippen MR) is 109 cm³/mol. The summed E-state index contributed by atoms with van der Waals surface area (Å²) in [6, 6.07) is 14.1. The zero-order valence-corrected chi connectivity index (χ0v) is 16.9. The Hall–Kier alpha value is -3.00. The van der Waals surface area contributed by atoms with Crippen LogP contribution in [0, 0.1) is 5.82 Å². The first-order valence-electron chi connectivity index (χ1n) is 9.20. The van der Waals surface area contributed by atoms with Gasteiger partial charge in [-0.3, -0.25) is 9.59 Å². The summed E-state index contributed by atoms with van der Waals surface area (Å²) >= 11 is 1.27. The fourth-order valence-corrected chi connectivity index (χ4v) is 3.71. The van der Waals surface area contributed by atoms with E-state index in [2.05, 4.69) is 15.5 Å². The van der Waals surface area contributed by atoms with Crippen molar-refractivity contribution in [3.63, 3.8) is 0 Å². The lowest BCUT2D eigenvalue weighted by Crippen LogP contribution is -2.28. The van der Waals surface area contributed by atoms with Crippen LogP contribution < -0.4 is 5.32 Å². The van der Waals surface area contributed by atoms with Gasteiger partial charge in [-0.2, -0.15) is 0 Å². The van der Waals surface area contributed by atoms with Crippen LogP contribution in [0.4, 0.5) is 4.39 Å². The van der Waals surface area contributed by atoms with Crippen molar-refractivity contribution in [2.45, 2.75) is 31.6 Å². The first-order valence-corrected chi connectivity index (χ1v) is 10.2. The predicted octanol–water partition coefficient (Wildman–Crippen LogP) is 3.90. The molecule has 0 fully saturated rings. The number of benzene rings is 2. The van der Waals surface area contributed by atoms with Crippen LogP contribution in [0.1, 0.15) is 46.4 Å². The number of hydrogen-bond acceptors (Lipinski definition) is 5. The van der Waals surface area contributed by atoms with Crippen LogP contribution in [-0.2, 0) is 6.54 Å². The smallest absolute Gasteiger partial charge is 0.251 e. The summed E-state index contributed by atoms with van der Waals surface area (Å²) in [5.74, 6) is 0.0934. The highest BCUT2D eigenvalue weighted by molar-refractivity contribution is 7.99. The molecule has 0 saturated carbocycles. The van der Waals surface area contributed by atoms with Gasteiger partial charge in [-0.05, 0) is 50.2 Å². The molecule has 29 heavy (non-hydrogen) atoms. The number of carbonyl (C=O) groups excluding carboxylic acids is 2. The average Bonchev–Trinajstić information content (AvgIpc) is 3.16. The van der Waals surface area contributed by atoms with E-state index in [1.54, 1.807) is 24.3 Å². The van der Waals surface area contributed by atoms with Gasteiger partial charge < -0.3 is 9.88 Å². The van der Waals surface area contributed by atoms with Crippen molar-refractivity contribution in [1.29, 1.82) is 0 Å². The van der Waals surface area contributed by atoms with Crippen molar-refractivity contribution < 1.29 is 14.0 Å². The topological polar surface area (TPSA) is 76.9 Å². The molecule has 0 radical (unpaired) electrons. The number of amides is 1. The maximum absolute atomic E-state index is 13.0. The largest absolute Gasteiger partial charge is 0.342 e. The molecule has 0 bridgehead atoms. The van der Waals surface area contributed by atoms with Crippen molar-refractivity contribution >= 4 is 23.5 Å². The molecule has 8 heteroatoms. The number of halogens is 1. The molecule has 0 saturated heterocycles. The van der Waals surface area contributed by atoms with Crippen molar-refractivity contribution in [3.8, 4) is 0 Å². The summed E-state index contributed by atoms with van der Waals surface area (Å²) in [7, 11) is 0. The second-order valence-corrected chi connectivity index (χ2v) is 7.31. The number of nitrogens with zero attached hydrogens (tertiary/aromatic N) is 3. The molecule has 1 N–H and O–H groups in total. The maximum Gasteiger partial charge on any atom is 0.251 e. The van der Waals surface area contributed by atoms with Crippen LogP contribution in [0.15, 0.2) is 59.8 Å². The van der Waals surface area contributed by atoms with Crippen molar-refractivity contribution in [3.05, 3.63) is 77.4 Å². The molecular weight excluding hydrogens is 391 g/mol. The van der Waals surface area contributed by atoms with Gasteiger partial charge in [-0.1, -0.05) is 30.0 Å². The fourth-order valence-electron chi connectivity index (χ4n) is 2.81. The maximum atomic E-state index is 13.0. The molecule has 0 aliphatic carbocycles. The van der Waals surface area contributed by atoms with Crippen LogP contribution in [-0.4, -0.2) is 32.2 Å². The van der Waals surface area contributed by atoms with E-state index in [1.807, 2.05) is 24.5 Å². The van der Waals surface area contributed by atoms with E-state index in [-0.39, 0.29) is 29.3 Å². The Morgan fingerprint density at radius 2 is 1.76 bits per heavy atom. The highest BCUT2D eigenvalue weighted by Gasteiger charge is 2.20. The van der Waals surface area contributed by atoms with E-state index >= 15 is 0 Å². The lowest BCUT2D eigenvalue weighted by atomic mass is 10.1. The minimum Gasteiger partial charge on any atom is -0.342 e. The van der Waals surface area contributed by atoms with E-state index in [4.69, 9.17) is 0 Å². The molecule has 0 aliphatic rings. The SMILES string of the molecule is CCn1c(SCC(=O)c2ccc(F)cc2)nnc1C(C)NC(=O)c1ccccc1. The molecule has 0 spiro atoms. The van der Waals surface area contributed by atoms with Gasteiger partial charge in [-0.25, -0.2) is 4.39 Å². The molecule has 3 aromatic rings. The second kappa shape index (κ2) is 9.47. The minimum atomic E-state index is -0.379. The third-order valence-corrected chi connectivity index (χ3v) is 5.30. The number of rotatable bonds is 8. The number of thioether (sulfide) groups is 1. The van der Waals surface area contributed by atoms with Crippen molar-refractivity contribution in [1.82, 2.24) is 20.1 Å². The molecule has 150 valence electrons. The van der Waals surface area contributed by atoms with Crippen LogP contribution in [0.25, 0.3) is 0 Å². The van der Waals surface area contributed by atoms with Crippen LogP contribution >= 0.6 is 11.8 Å². The first-order chi connectivity index (χ1) is 14.0. The summed E-state index contributed by atoms with van der Waals surface area (Å²) in [6.07, 6.45) is 0. The molecule has 1 amide bonds. The highest BCUT2D eigenvalue weighted by atomic mass is 32.2. The van der Waals surface area contributed by atoms with Gasteiger partial charge in [0.05, 0.1) is 11.8 Å². The number of Topliss-reactive ketones (excluding diaryl/α,β-unsaturated/α-hetero) is 1. The van der Waals surface area contributed by atoms with Gasteiger partial charge in [0.2, 0.25) is 0 Å². The zero-order valence-electron chi connectivity index (χ0n) is 16.1. The van der Waals surface area contributed by atoms with Gasteiger partial charge in [0.15, 0.2) is 16.8 Å². The summed E-state index contributed by atoms with van der Waals surface area (Å²) in [5.41, 5.74) is 1.02. The Morgan fingerprint density at radius 3 is 2.41 bits per heavy atom. The third-order valence-electron chi connectivity index (χ3n) is 4.33. The van der Waals surface area contributed by atoms with Gasteiger partial charge in [-0.15, -0.1) is 10.2 Å². The molecule has 0 aliphatic heterocycles. The van der Waals surface area contributed by atoms with Crippen molar-refractivity contribution in [2.75, 3.05) is 5.75 Å². The lowest BCUT2D eigenvalue weighted by Gasteiger charge is -2.15. The molecule has 2 aromatic carbocycles. The Balaban J connectivity index is 1.67. The minimum absolute atomic E-state index is 0.118. The Morgan fingerprint density at radius 1 is 1.07 bits per heavy atom. The van der Waals surface area contributed by atoms with Crippen LogP contribution in [0.5, 0.6) is 0 Å². The molecular formula is C21H21FN4O2S. The van der Waals surface area contributed by atoms with E-state index in [0.29, 0.717) is 28.7 Å². The summed E-state index contributed by atoms with van der Waals surface area (Å²) in [5, 5.41) is 11.9. The molecule has 1 atom stereocenters. The molecule has 3 rings (SSSR count). The number of carbonyl (C=O) groups is 2. The normalized spacial score (nSPS) is 11.8. The summed E-state index contributed by atoms with van der Waals surface area (Å²) < 4.78 is 14.9. The second-order valence-electron chi connectivity index (χ2n) is 6.36. The Bertz CT molecular complexity index is 990. The molecule has 1 heterocycles. The zero-order chi connectivity index (χ0) is 20.8. The summed E-state index contributed by atoms with van der Waals surface area (Å²) in [4.78, 5) is 24.7.